The fraction of sp³-hybridized carbons (Fsp3) is 0.312. The molecule has 1 saturated heterocycles. The van der Waals surface area contributed by atoms with Crippen molar-refractivity contribution in [1.82, 2.24) is 9.97 Å². The Morgan fingerprint density at radius 1 is 1.24 bits per heavy atom. The summed E-state index contributed by atoms with van der Waals surface area (Å²) in [7, 11) is 1.88. The number of carbonyl (C=O) groups excluding carboxylic acids is 1. The zero-order chi connectivity index (χ0) is 14.8. The predicted molar refractivity (Wildman–Crippen MR) is 82.4 cm³/mol. The van der Waals surface area contributed by atoms with Gasteiger partial charge in [-0.3, -0.25) is 4.79 Å². The van der Waals surface area contributed by atoms with E-state index in [1.165, 1.54) is 0 Å². The minimum Gasteiger partial charge on any atom is -0.332 e. The van der Waals surface area contributed by atoms with Crippen molar-refractivity contribution in [1.29, 1.82) is 0 Å². The summed E-state index contributed by atoms with van der Waals surface area (Å²) >= 11 is 0. The van der Waals surface area contributed by atoms with Gasteiger partial charge in [0.05, 0.1) is 0 Å². The number of benzene rings is 1. The number of aromatic nitrogens is 2. The number of anilines is 2. The molecule has 1 aromatic heterocycles. The molecular formula is C16H18N4O. The molecule has 0 unspecified atom stereocenters. The van der Waals surface area contributed by atoms with Gasteiger partial charge in [0.15, 0.2) is 0 Å². The second-order valence-electron chi connectivity index (χ2n) is 5.24. The molecule has 3 rings (SSSR count). The molecule has 0 aliphatic carbocycles. The first-order valence-corrected chi connectivity index (χ1v) is 7.06. The number of para-hydroxylation sites is 1. The molecule has 0 radical (unpaired) electrons. The quantitative estimate of drug-likeness (QED) is 0.864. The standard InChI is InChI=1S/C16H18N4O/c1-12-8-10-17-16(18-12)19(2)14-9-11-20(15(14)21)13-6-4-3-5-7-13/h3-8,10,14H,9,11H2,1-2H3/t14-/m1/s1. The number of carbonyl (C=O) groups is 1. The van der Waals surface area contributed by atoms with Crippen molar-refractivity contribution in [2.75, 3.05) is 23.4 Å². The molecule has 21 heavy (non-hydrogen) atoms. The highest BCUT2D eigenvalue weighted by molar-refractivity contribution is 6.01. The van der Waals surface area contributed by atoms with Crippen LogP contribution in [0.15, 0.2) is 42.6 Å². The Morgan fingerprint density at radius 2 is 2.00 bits per heavy atom. The number of hydrogen-bond acceptors (Lipinski definition) is 4. The van der Waals surface area contributed by atoms with Crippen molar-refractivity contribution in [2.24, 2.45) is 0 Å². The largest absolute Gasteiger partial charge is 0.332 e. The Kier molecular flexibility index (Phi) is 3.56. The van der Waals surface area contributed by atoms with Gasteiger partial charge < -0.3 is 9.80 Å². The molecule has 5 heteroatoms. The van der Waals surface area contributed by atoms with E-state index < -0.39 is 0 Å². The SMILES string of the molecule is Cc1ccnc(N(C)[C@@H]2CCN(c3ccccc3)C2=O)n1. The summed E-state index contributed by atoms with van der Waals surface area (Å²) in [6, 6.07) is 11.4. The first kappa shape index (κ1) is 13.5. The van der Waals surface area contributed by atoms with Gasteiger partial charge in [-0.2, -0.15) is 0 Å². The van der Waals surface area contributed by atoms with Gasteiger partial charge in [-0.05, 0) is 31.5 Å². The van der Waals surface area contributed by atoms with Crippen molar-refractivity contribution in [3.8, 4) is 0 Å². The van der Waals surface area contributed by atoms with Gasteiger partial charge >= 0.3 is 0 Å². The van der Waals surface area contributed by atoms with Crippen molar-refractivity contribution >= 4 is 17.5 Å². The lowest BCUT2D eigenvalue weighted by atomic mass is 10.2. The maximum absolute atomic E-state index is 12.6. The molecular weight excluding hydrogens is 264 g/mol. The Balaban J connectivity index is 1.80. The van der Waals surface area contributed by atoms with E-state index in [2.05, 4.69) is 9.97 Å². The van der Waals surface area contributed by atoms with Crippen LogP contribution in [-0.2, 0) is 4.79 Å². The van der Waals surface area contributed by atoms with E-state index in [1.807, 2.05) is 60.2 Å². The summed E-state index contributed by atoms with van der Waals surface area (Å²) in [6.45, 7) is 2.65. The Labute approximate surface area is 124 Å². The Morgan fingerprint density at radius 3 is 2.71 bits per heavy atom. The monoisotopic (exact) mass is 282 g/mol. The second kappa shape index (κ2) is 5.52. The molecule has 1 amide bonds. The molecule has 2 aromatic rings. The van der Waals surface area contributed by atoms with Gasteiger partial charge in [0.2, 0.25) is 11.9 Å². The van der Waals surface area contributed by atoms with Crippen LogP contribution in [0.5, 0.6) is 0 Å². The van der Waals surface area contributed by atoms with Crippen LogP contribution in [0.25, 0.3) is 0 Å². The molecule has 0 spiro atoms. The van der Waals surface area contributed by atoms with E-state index in [0.29, 0.717) is 5.95 Å². The van der Waals surface area contributed by atoms with E-state index in [1.54, 1.807) is 6.20 Å². The molecule has 1 aromatic carbocycles. The molecule has 1 fully saturated rings. The van der Waals surface area contributed by atoms with Gasteiger partial charge in [-0.25, -0.2) is 9.97 Å². The maximum atomic E-state index is 12.6. The molecule has 0 saturated carbocycles. The number of nitrogens with zero attached hydrogens (tertiary/aromatic N) is 4. The topological polar surface area (TPSA) is 49.3 Å². The van der Waals surface area contributed by atoms with Crippen molar-refractivity contribution in [3.63, 3.8) is 0 Å². The fourth-order valence-corrected chi connectivity index (χ4v) is 2.63. The zero-order valence-corrected chi connectivity index (χ0v) is 12.2. The minimum atomic E-state index is -0.202. The van der Waals surface area contributed by atoms with E-state index in [4.69, 9.17) is 0 Å². The van der Waals surface area contributed by atoms with Crippen LogP contribution in [-0.4, -0.2) is 35.5 Å². The average molecular weight is 282 g/mol. The lowest BCUT2D eigenvalue weighted by Gasteiger charge is -2.24. The fourth-order valence-electron chi connectivity index (χ4n) is 2.63. The van der Waals surface area contributed by atoms with Crippen LogP contribution in [0.1, 0.15) is 12.1 Å². The number of aryl methyl sites for hydroxylation is 1. The van der Waals surface area contributed by atoms with Crippen LogP contribution < -0.4 is 9.80 Å². The predicted octanol–water partition coefficient (Wildman–Crippen LogP) is 2.03. The van der Waals surface area contributed by atoms with Crippen LogP contribution in [0, 0.1) is 6.92 Å². The molecule has 2 heterocycles. The average Bonchev–Trinajstić information content (AvgIpc) is 2.89. The summed E-state index contributed by atoms with van der Waals surface area (Å²) in [5, 5.41) is 0. The van der Waals surface area contributed by atoms with Crippen LogP contribution >= 0.6 is 0 Å². The highest BCUT2D eigenvalue weighted by atomic mass is 16.2. The highest BCUT2D eigenvalue weighted by Gasteiger charge is 2.36. The van der Waals surface area contributed by atoms with Gasteiger partial charge in [0.1, 0.15) is 6.04 Å². The van der Waals surface area contributed by atoms with Crippen LogP contribution in [0.2, 0.25) is 0 Å². The smallest absolute Gasteiger partial charge is 0.249 e. The first-order valence-electron chi connectivity index (χ1n) is 7.06. The summed E-state index contributed by atoms with van der Waals surface area (Å²) in [5.74, 6) is 0.706. The Bertz CT molecular complexity index is 644. The van der Waals surface area contributed by atoms with Gasteiger partial charge in [-0.15, -0.1) is 0 Å². The molecule has 108 valence electrons. The van der Waals surface area contributed by atoms with Crippen LogP contribution in [0.3, 0.4) is 0 Å². The van der Waals surface area contributed by atoms with Gasteiger partial charge in [0.25, 0.3) is 0 Å². The molecule has 5 nitrogen and oxygen atoms in total. The van der Waals surface area contributed by atoms with E-state index in [9.17, 15) is 4.79 Å². The third-order valence-corrected chi connectivity index (χ3v) is 3.81. The first-order chi connectivity index (χ1) is 10.2. The maximum Gasteiger partial charge on any atom is 0.249 e. The lowest BCUT2D eigenvalue weighted by molar-refractivity contribution is -0.118. The third kappa shape index (κ3) is 2.59. The van der Waals surface area contributed by atoms with E-state index >= 15 is 0 Å². The third-order valence-electron chi connectivity index (χ3n) is 3.81. The number of amides is 1. The minimum absolute atomic E-state index is 0.105. The second-order valence-corrected chi connectivity index (χ2v) is 5.24. The van der Waals surface area contributed by atoms with Crippen molar-refractivity contribution < 1.29 is 4.79 Å². The zero-order valence-electron chi connectivity index (χ0n) is 12.2. The summed E-state index contributed by atoms with van der Waals surface area (Å²) in [6.07, 6.45) is 2.50. The summed E-state index contributed by atoms with van der Waals surface area (Å²) in [4.78, 5) is 25.0. The van der Waals surface area contributed by atoms with E-state index in [-0.39, 0.29) is 11.9 Å². The molecule has 0 bridgehead atoms. The normalized spacial score (nSPS) is 18.1. The van der Waals surface area contributed by atoms with Gasteiger partial charge in [-0.1, -0.05) is 18.2 Å². The highest BCUT2D eigenvalue weighted by Crippen LogP contribution is 2.25. The molecule has 1 atom stereocenters. The number of hydrogen-bond donors (Lipinski definition) is 0. The number of likely N-dealkylation sites (N-methyl/N-ethyl adjacent to an activating group) is 1. The number of rotatable bonds is 3. The molecule has 1 aliphatic heterocycles. The summed E-state index contributed by atoms with van der Waals surface area (Å²) in [5.41, 5.74) is 1.85. The van der Waals surface area contributed by atoms with Crippen LogP contribution in [0.4, 0.5) is 11.6 Å². The van der Waals surface area contributed by atoms with Crippen molar-refractivity contribution in [3.05, 3.63) is 48.3 Å². The molecule has 0 N–H and O–H groups in total. The lowest BCUT2D eigenvalue weighted by Crippen LogP contribution is -2.40. The Hall–Kier alpha value is -2.43. The summed E-state index contributed by atoms with van der Waals surface area (Å²) < 4.78 is 0. The van der Waals surface area contributed by atoms with Crippen molar-refractivity contribution in [2.45, 2.75) is 19.4 Å². The van der Waals surface area contributed by atoms with E-state index in [0.717, 1.165) is 24.3 Å². The molecule has 1 aliphatic rings. The van der Waals surface area contributed by atoms with Gasteiger partial charge in [0, 0.05) is 31.2 Å².